The number of carbonyl (C=O) groups is 1. The number of thiazole rings is 1. The minimum atomic E-state index is 0.145. The van der Waals surface area contributed by atoms with Gasteiger partial charge in [-0.1, -0.05) is 39.3 Å². The summed E-state index contributed by atoms with van der Waals surface area (Å²) in [7, 11) is 1.66. The zero-order valence-electron chi connectivity index (χ0n) is 19.8. The van der Waals surface area contributed by atoms with E-state index in [0.29, 0.717) is 12.5 Å². The fourth-order valence-electron chi connectivity index (χ4n) is 3.42. The molecule has 0 aliphatic carbocycles. The molecule has 2 aromatic heterocycles. The predicted molar refractivity (Wildman–Crippen MR) is 137 cm³/mol. The van der Waals surface area contributed by atoms with E-state index in [1.54, 1.807) is 7.05 Å². The van der Waals surface area contributed by atoms with Crippen molar-refractivity contribution >= 4 is 38.8 Å². The van der Waals surface area contributed by atoms with Gasteiger partial charge in [-0.25, -0.2) is 4.98 Å². The zero-order chi connectivity index (χ0) is 22.8. The number of rotatable bonds is 5. The summed E-state index contributed by atoms with van der Waals surface area (Å²) in [4.78, 5) is 19.4. The van der Waals surface area contributed by atoms with Gasteiger partial charge in [-0.05, 0) is 44.4 Å². The van der Waals surface area contributed by atoms with Crippen LogP contribution in [0.25, 0.3) is 20.8 Å². The second kappa shape index (κ2) is 12.9. The molecule has 0 saturated carbocycles. The lowest BCUT2D eigenvalue weighted by Crippen LogP contribution is -2.35. The van der Waals surface area contributed by atoms with Crippen LogP contribution in [0.2, 0.25) is 0 Å². The highest BCUT2D eigenvalue weighted by Crippen LogP contribution is 2.39. The Labute approximate surface area is 195 Å². The SMILES string of the molecule is CC.CC(C)N1CCc2c(-c3nc4ccccc4s3)csc2C1.CCCCC(=O)NC. The number of nitrogens with one attached hydrogen (secondary N) is 1. The van der Waals surface area contributed by atoms with Crippen molar-refractivity contribution in [3.63, 3.8) is 0 Å². The highest BCUT2D eigenvalue weighted by molar-refractivity contribution is 7.22. The Morgan fingerprint density at radius 2 is 2.00 bits per heavy atom. The number of aromatic nitrogens is 1. The normalized spacial score (nSPS) is 13.1. The van der Waals surface area contributed by atoms with Gasteiger partial charge in [0, 0.05) is 48.4 Å². The van der Waals surface area contributed by atoms with E-state index in [1.807, 2.05) is 36.5 Å². The maximum absolute atomic E-state index is 10.5. The number of fused-ring (bicyclic) bond motifs is 2. The molecule has 6 heteroatoms. The Hall–Kier alpha value is -1.76. The lowest BCUT2D eigenvalue weighted by Gasteiger charge is -2.30. The number of hydrogen-bond acceptors (Lipinski definition) is 5. The van der Waals surface area contributed by atoms with E-state index in [-0.39, 0.29) is 5.91 Å². The van der Waals surface area contributed by atoms with E-state index in [0.717, 1.165) is 31.3 Å². The fraction of sp³-hybridized carbons (Fsp3) is 0.520. The molecule has 0 radical (unpaired) electrons. The molecule has 0 atom stereocenters. The van der Waals surface area contributed by atoms with Gasteiger partial charge >= 0.3 is 0 Å². The van der Waals surface area contributed by atoms with E-state index in [4.69, 9.17) is 4.98 Å². The number of amides is 1. The van der Waals surface area contributed by atoms with Crippen molar-refractivity contribution in [3.05, 3.63) is 40.1 Å². The quantitative estimate of drug-likeness (QED) is 0.459. The van der Waals surface area contributed by atoms with Crippen molar-refractivity contribution < 1.29 is 4.79 Å². The van der Waals surface area contributed by atoms with Crippen molar-refractivity contribution in [1.29, 1.82) is 0 Å². The van der Waals surface area contributed by atoms with Crippen LogP contribution >= 0.6 is 22.7 Å². The van der Waals surface area contributed by atoms with Crippen molar-refractivity contribution in [2.45, 2.75) is 72.9 Å². The number of nitrogens with zero attached hydrogens (tertiary/aromatic N) is 2. The Morgan fingerprint density at radius 3 is 2.65 bits per heavy atom. The summed E-state index contributed by atoms with van der Waals surface area (Å²) in [5.74, 6) is 0.145. The van der Waals surface area contributed by atoms with E-state index in [9.17, 15) is 4.79 Å². The zero-order valence-corrected chi connectivity index (χ0v) is 21.5. The minimum Gasteiger partial charge on any atom is -0.359 e. The van der Waals surface area contributed by atoms with Crippen LogP contribution in [0, 0.1) is 0 Å². The molecule has 0 fully saturated rings. The second-order valence-corrected chi connectivity index (χ2v) is 9.62. The molecule has 0 bridgehead atoms. The van der Waals surface area contributed by atoms with Crippen LogP contribution in [0.1, 0.15) is 64.3 Å². The Bertz CT molecular complexity index is 912. The van der Waals surface area contributed by atoms with Crippen LogP contribution in [-0.4, -0.2) is 35.4 Å². The second-order valence-electron chi connectivity index (χ2n) is 7.63. The average molecular weight is 460 g/mol. The number of carbonyl (C=O) groups excluding carboxylic acids is 1. The van der Waals surface area contributed by atoms with Crippen LogP contribution in [0.4, 0.5) is 0 Å². The van der Waals surface area contributed by atoms with Gasteiger partial charge in [0.05, 0.1) is 10.2 Å². The average Bonchev–Trinajstić information content (AvgIpc) is 3.42. The third-order valence-corrected chi connectivity index (χ3v) is 7.35. The lowest BCUT2D eigenvalue weighted by molar-refractivity contribution is -0.120. The van der Waals surface area contributed by atoms with E-state index >= 15 is 0 Å². The first-order valence-corrected chi connectivity index (χ1v) is 13.1. The Kier molecular flexibility index (Phi) is 10.6. The number of thiophene rings is 1. The highest BCUT2D eigenvalue weighted by Gasteiger charge is 2.24. The van der Waals surface area contributed by atoms with Crippen LogP contribution < -0.4 is 5.32 Å². The van der Waals surface area contributed by atoms with Gasteiger partial charge in [0.2, 0.25) is 5.91 Å². The minimum absolute atomic E-state index is 0.145. The molecule has 1 aromatic carbocycles. The lowest BCUT2D eigenvalue weighted by atomic mass is 10.0. The van der Waals surface area contributed by atoms with E-state index < -0.39 is 0 Å². The summed E-state index contributed by atoms with van der Waals surface area (Å²) in [5.41, 5.74) is 4.03. The van der Waals surface area contributed by atoms with Gasteiger partial charge in [0.1, 0.15) is 5.01 Å². The van der Waals surface area contributed by atoms with E-state index in [2.05, 4.69) is 60.6 Å². The summed E-state index contributed by atoms with van der Waals surface area (Å²) in [5, 5.41) is 6.06. The van der Waals surface area contributed by atoms with Crippen LogP contribution in [0.3, 0.4) is 0 Å². The number of unbranched alkanes of at least 4 members (excludes halogenated alkanes) is 1. The topological polar surface area (TPSA) is 45.2 Å². The number of benzene rings is 1. The first-order chi connectivity index (χ1) is 15.0. The summed E-state index contributed by atoms with van der Waals surface area (Å²) in [6.45, 7) is 12.9. The van der Waals surface area contributed by atoms with Crippen LogP contribution in [0.15, 0.2) is 29.6 Å². The molecular formula is C25H37N3OS2. The molecular weight excluding hydrogens is 422 g/mol. The molecule has 1 aliphatic heterocycles. The maximum atomic E-state index is 10.5. The maximum Gasteiger partial charge on any atom is 0.219 e. The molecule has 0 spiro atoms. The van der Waals surface area contributed by atoms with Crippen molar-refractivity contribution in [2.24, 2.45) is 0 Å². The molecule has 1 amide bonds. The van der Waals surface area contributed by atoms with Gasteiger partial charge in [-0.3, -0.25) is 9.69 Å². The van der Waals surface area contributed by atoms with Crippen molar-refractivity contribution in [1.82, 2.24) is 15.2 Å². The third-order valence-electron chi connectivity index (χ3n) is 5.27. The molecule has 3 aromatic rings. The van der Waals surface area contributed by atoms with Crippen LogP contribution in [0.5, 0.6) is 0 Å². The van der Waals surface area contributed by atoms with Gasteiger partial charge in [-0.15, -0.1) is 22.7 Å². The molecule has 170 valence electrons. The largest absolute Gasteiger partial charge is 0.359 e. The predicted octanol–water partition coefficient (Wildman–Crippen LogP) is 6.74. The van der Waals surface area contributed by atoms with Gasteiger partial charge in [0.15, 0.2) is 0 Å². The van der Waals surface area contributed by atoms with Crippen molar-refractivity contribution in [3.8, 4) is 10.6 Å². The van der Waals surface area contributed by atoms with Crippen LogP contribution in [-0.2, 0) is 17.8 Å². The summed E-state index contributed by atoms with van der Waals surface area (Å²) in [6, 6.07) is 9.06. The molecule has 0 saturated heterocycles. The summed E-state index contributed by atoms with van der Waals surface area (Å²) >= 11 is 3.72. The first-order valence-electron chi connectivity index (χ1n) is 11.4. The highest BCUT2D eigenvalue weighted by atomic mass is 32.1. The molecule has 3 heterocycles. The molecule has 1 aliphatic rings. The first kappa shape index (κ1) is 25.5. The molecule has 1 N–H and O–H groups in total. The molecule has 0 unspecified atom stereocenters. The number of hydrogen-bond donors (Lipinski definition) is 1. The molecule has 4 nitrogen and oxygen atoms in total. The Balaban J connectivity index is 0.000000292. The molecule has 31 heavy (non-hydrogen) atoms. The van der Waals surface area contributed by atoms with E-state index in [1.165, 1.54) is 32.3 Å². The fourth-order valence-corrected chi connectivity index (χ4v) is 5.61. The van der Waals surface area contributed by atoms with Crippen molar-refractivity contribution in [2.75, 3.05) is 13.6 Å². The summed E-state index contributed by atoms with van der Waals surface area (Å²) < 4.78 is 1.28. The van der Waals surface area contributed by atoms with Gasteiger partial charge < -0.3 is 5.32 Å². The third kappa shape index (κ3) is 6.86. The smallest absolute Gasteiger partial charge is 0.219 e. The Morgan fingerprint density at radius 1 is 1.26 bits per heavy atom. The monoisotopic (exact) mass is 459 g/mol. The van der Waals surface area contributed by atoms with Gasteiger partial charge in [-0.2, -0.15) is 0 Å². The molecule has 4 rings (SSSR count). The van der Waals surface area contributed by atoms with Gasteiger partial charge in [0.25, 0.3) is 0 Å². The number of para-hydroxylation sites is 1. The summed E-state index contributed by atoms with van der Waals surface area (Å²) in [6.07, 6.45) is 3.92. The standard InChI is InChI=1S/C17H18N2S2.C6H13NO.C2H6/c1-11(2)19-8-7-12-13(10-20-16(12)9-19)17-18-14-5-3-4-6-15(14)21-17;1-3-4-5-6(8)7-2;1-2/h3-6,10-11H,7-9H2,1-2H3;3-5H2,1-2H3,(H,7,8);1-2H3.